The molecule has 1 heterocycles. The summed E-state index contributed by atoms with van der Waals surface area (Å²) in [6, 6.07) is 4.40. The number of benzene rings is 1. The zero-order valence-corrected chi connectivity index (χ0v) is 11.7. The summed E-state index contributed by atoms with van der Waals surface area (Å²) in [7, 11) is 0. The molecular formula is C14H20N4O2. The van der Waals surface area contributed by atoms with Crippen LogP contribution in [0.3, 0.4) is 0 Å². The molecular weight excluding hydrogens is 256 g/mol. The molecule has 0 aliphatic rings. The van der Waals surface area contributed by atoms with E-state index in [0.717, 1.165) is 17.9 Å². The summed E-state index contributed by atoms with van der Waals surface area (Å²) in [6.45, 7) is 5.05. The van der Waals surface area contributed by atoms with Crippen LogP contribution in [-0.4, -0.2) is 25.0 Å². The van der Waals surface area contributed by atoms with Crippen molar-refractivity contribution in [3.8, 4) is 11.5 Å². The molecule has 1 aromatic heterocycles. The van der Waals surface area contributed by atoms with Crippen LogP contribution in [0.1, 0.15) is 31.3 Å². The van der Waals surface area contributed by atoms with Gasteiger partial charge < -0.3 is 20.5 Å². The average molecular weight is 276 g/mol. The van der Waals surface area contributed by atoms with Crippen molar-refractivity contribution in [1.29, 1.82) is 0 Å². The third-order valence-electron chi connectivity index (χ3n) is 3.03. The highest BCUT2D eigenvalue weighted by Gasteiger charge is 2.15. The molecule has 0 amide bonds. The van der Waals surface area contributed by atoms with Crippen LogP contribution in [0, 0.1) is 5.92 Å². The molecule has 6 nitrogen and oxygen atoms in total. The normalized spacial score (nSPS) is 12.8. The lowest BCUT2D eigenvalue weighted by Crippen LogP contribution is -2.20. The van der Waals surface area contributed by atoms with Crippen molar-refractivity contribution in [2.45, 2.75) is 32.9 Å². The summed E-state index contributed by atoms with van der Waals surface area (Å²) >= 11 is 0. The van der Waals surface area contributed by atoms with Crippen molar-refractivity contribution in [3.05, 3.63) is 35.9 Å². The summed E-state index contributed by atoms with van der Waals surface area (Å²) in [6.07, 6.45) is 2.20. The van der Waals surface area contributed by atoms with Gasteiger partial charge in [0.25, 0.3) is 0 Å². The van der Waals surface area contributed by atoms with Crippen molar-refractivity contribution < 1.29 is 10.2 Å². The zero-order valence-electron chi connectivity index (χ0n) is 11.7. The van der Waals surface area contributed by atoms with Gasteiger partial charge in [-0.3, -0.25) is 0 Å². The topological polar surface area (TPSA) is 97.2 Å². The van der Waals surface area contributed by atoms with Gasteiger partial charge in [0.2, 0.25) is 0 Å². The Morgan fingerprint density at radius 2 is 2.00 bits per heavy atom. The van der Waals surface area contributed by atoms with Gasteiger partial charge in [-0.2, -0.15) is 0 Å². The van der Waals surface area contributed by atoms with Crippen LogP contribution in [0.25, 0.3) is 0 Å². The third-order valence-corrected chi connectivity index (χ3v) is 3.03. The molecule has 0 radical (unpaired) electrons. The van der Waals surface area contributed by atoms with Gasteiger partial charge in [-0.15, -0.1) is 10.2 Å². The number of nitrogens with zero attached hydrogens (tertiary/aromatic N) is 3. The van der Waals surface area contributed by atoms with Gasteiger partial charge in [0.05, 0.1) is 6.04 Å². The lowest BCUT2D eigenvalue weighted by atomic mass is 10.1. The second kappa shape index (κ2) is 5.92. The molecule has 0 saturated carbocycles. The Hall–Kier alpha value is -2.08. The van der Waals surface area contributed by atoms with E-state index < -0.39 is 0 Å². The van der Waals surface area contributed by atoms with Gasteiger partial charge in [0, 0.05) is 6.54 Å². The standard InChI is InChI=1S/C14H20N4O2/c1-9(2)7-18-8-16-17-14(18)11(15)5-10-3-4-12(19)13(20)6-10/h3-4,6,8-9,11,19-20H,5,7,15H2,1-2H3. The van der Waals surface area contributed by atoms with E-state index in [1.807, 2.05) is 4.57 Å². The van der Waals surface area contributed by atoms with Crippen LogP contribution < -0.4 is 5.73 Å². The van der Waals surface area contributed by atoms with Crippen molar-refractivity contribution in [3.63, 3.8) is 0 Å². The van der Waals surface area contributed by atoms with Crippen molar-refractivity contribution >= 4 is 0 Å². The maximum absolute atomic E-state index is 9.49. The van der Waals surface area contributed by atoms with Gasteiger partial charge in [0.15, 0.2) is 11.5 Å². The highest BCUT2D eigenvalue weighted by molar-refractivity contribution is 5.40. The average Bonchev–Trinajstić information content (AvgIpc) is 2.81. The van der Waals surface area contributed by atoms with E-state index in [1.54, 1.807) is 12.4 Å². The van der Waals surface area contributed by atoms with Gasteiger partial charge in [0.1, 0.15) is 12.2 Å². The summed E-state index contributed by atoms with van der Waals surface area (Å²) in [4.78, 5) is 0. The number of rotatable bonds is 5. The second-order valence-corrected chi connectivity index (χ2v) is 5.37. The van der Waals surface area contributed by atoms with E-state index in [1.165, 1.54) is 12.1 Å². The Kier molecular flexibility index (Phi) is 4.24. The molecule has 2 aromatic rings. The molecule has 4 N–H and O–H groups in total. The lowest BCUT2D eigenvalue weighted by Gasteiger charge is -2.14. The number of nitrogens with two attached hydrogens (primary N) is 1. The Balaban J connectivity index is 2.13. The van der Waals surface area contributed by atoms with E-state index in [0.29, 0.717) is 12.3 Å². The molecule has 0 bridgehead atoms. The lowest BCUT2D eigenvalue weighted by molar-refractivity contribution is 0.403. The van der Waals surface area contributed by atoms with Crippen LogP contribution in [0.15, 0.2) is 24.5 Å². The summed E-state index contributed by atoms with van der Waals surface area (Å²) in [5.41, 5.74) is 7.01. The maximum Gasteiger partial charge on any atom is 0.157 e. The molecule has 0 saturated heterocycles. The minimum atomic E-state index is -0.305. The fourth-order valence-electron chi connectivity index (χ4n) is 2.13. The van der Waals surface area contributed by atoms with Crippen LogP contribution in [-0.2, 0) is 13.0 Å². The molecule has 0 aliphatic heterocycles. The van der Waals surface area contributed by atoms with Crippen LogP contribution in [0.4, 0.5) is 0 Å². The van der Waals surface area contributed by atoms with Gasteiger partial charge in [-0.25, -0.2) is 0 Å². The summed E-state index contributed by atoms with van der Waals surface area (Å²) < 4.78 is 1.95. The Bertz CT molecular complexity index is 580. The van der Waals surface area contributed by atoms with E-state index in [4.69, 9.17) is 5.73 Å². The van der Waals surface area contributed by atoms with Gasteiger partial charge in [-0.1, -0.05) is 19.9 Å². The molecule has 1 unspecified atom stereocenters. The highest BCUT2D eigenvalue weighted by Crippen LogP contribution is 2.26. The number of phenolic OH excluding ortho intramolecular Hbond substituents is 2. The predicted octanol–water partition coefficient (Wildman–Crippen LogP) is 1.59. The zero-order chi connectivity index (χ0) is 14.7. The Morgan fingerprint density at radius 3 is 2.65 bits per heavy atom. The van der Waals surface area contributed by atoms with Crippen LogP contribution >= 0.6 is 0 Å². The van der Waals surface area contributed by atoms with Crippen molar-refractivity contribution in [2.75, 3.05) is 0 Å². The molecule has 1 aromatic carbocycles. The second-order valence-electron chi connectivity index (χ2n) is 5.37. The van der Waals surface area contributed by atoms with Crippen molar-refractivity contribution in [1.82, 2.24) is 14.8 Å². The molecule has 2 rings (SSSR count). The van der Waals surface area contributed by atoms with Gasteiger partial charge >= 0.3 is 0 Å². The SMILES string of the molecule is CC(C)Cn1cnnc1C(N)Cc1ccc(O)c(O)c1. The van der Waals surface area contributed by atoms with Gasteiger partial charge in [-0.05, 0) is 30.0 Å². The van der Waals surface area contributed by atoms with Crippen LogP contribution in [0.5, 0.6) is 11.5 Å². The predicted molar refractivity (Wildman–Crippen MR) is 75.3 cm³/mol. The molecule has 20 heavy (non-hydrogen) atoms. The number of hydrogen-bond donors (Lipinski definition) is 3. The molecule has 0 aliphatic carbocycles. The van der Waals surface area contributed by atoms with E-state index in [2.05, 4.69) is 24.0 Å². The Labute approximate surface area is 117 Å². The smallest absolute Gasteiger partial charge is 0.157 e. The number of aromatic hydroxyl groups is 2. The maximum atomic E-state index is 9.49. The first-order chi connectivity index (χ1) is 9.47. The molecule has 1 atom stereocenters. The minimum Gasteiger partial charge on any atom is -0.504 e. The molecule has 108 valence electrons. The fraction of sp³-hybridized carbons (Fsp3) is 0.429. The number of phenols is 2. The minimum absolute atomic E-state index is 0.134. The highest BCUT2D eigenvalue weighted by atomic mass is 16.3. The summed E-state index contributed by atoms with van der Waals surface area (Å²) in [5.74, 6) is 0.935. The quantitative estimate of drug-likeness (QED) is 0.720. The first-order valence-corrected chi connectivity index (χ1v) is 6.61. The molecule has 6 heteroatoms. The van der Waals surface area contributed by atoms with E-state index in [9.17, 15) is 10.2 Å². The summed E-state index contributed by atoms with van der Waals surface area (Å²) in [5, 5.41) is 26.8. The first kappa shape index (κ1) is 14.3. The number of hydrogen-bond acceptors (Lipinski definition) is 5. The van der Waals surface area contributed by atoms with E-state index >= 15 is 0 Å². The monoisotopic (exact) mass is 276 g/mol. The van der Waals surface area contributed by atoms with Crippen LogP contribution in [0.2, 0.25) is 0 Å². The number of aromatic nitrogens is 3. The molecule has 0 fully saturated rings. The van der Waals surface area contributed by atoms with E-state index in [-0.39, 0.29) is 17.5 Å². The molecule has 0 spiro atoms. The first-order valence-electron chi connectivity index (χ1n) is 6.61. The largest absolute Gasteiger partial charge is 0.504 e. The third kappa shape index (κ3) is 3.27. The fourth-order valence-corrected chi connectivity index (χ4v) is 2.13. The van der Waals surface area contributed by atoms with Crippen molar-refractivity contribution in [2.24, 2.45) is 11.7 Å². The Morgan fingerprint density at radius 1 is 1.25 bits per heavy atom.